The van der Waals surface area contributed by atoms with Crippen LogP contribution < -0.4 is 17.0 Å². The lowest BCUT2D eigenvalue weighted by atomic mass is 10.1. The fourth-order valence-corrected chi connectivity index (χ4v) is 1.50. The molecular weight excluding hydrogens is 276 g/mol. The Morgan fingerprint density at radius 1 is 1.16 bits per heavy atom. The van der Waals surface area contributed by atoms with Crippen molar-refractivity contribution < 1.29 is 42.3 Å². The number of carboxylic acid groups (broad SMARTS) is 2. The molecule has 0 amide bonds. The molecule has 2 aromatic rings. The minimum atomic E-state index is -1.11. The average Bonchev–Trinajstić information content (AvgIpc) is 2.81. The van der Waals surface area contributed by atoms with Crippen molar-refractivity contribution in [3.05, 3.63) is 48.0 Å². The largest absolute Gasteiger partial charge is 1.00 e. The number of rotatable bonds is 3. The van der Waals surface area contributed by atoms with E-state index in [0.717, 1.165) is 0 Å². The summed E-state index contributed by atoms with van der Waals surface area (Å²) in [7, 11) is 0. The average molecular weight is 287 g/mol. The number of halogens is 1. The summed E-state index contributed by atoms with van der Waals surface area (Å²) in [5.41, 5.74) is 0.386. The van der Waals surface area contributed by atoms with Crippen molar-refractivity contribution in [3.63, 3.8) is 0 Å². The first-order valence-electron chi connectivity index (χ1n) is 4.74. The van der Waals surface area contributed by atoms with Gasteiger partial charge in [-0.2, -0.15) is 0 Å². The zero-order chi connectivity index (χ0) is 12.4. The van der Waals surface area contributed by atoms with Crippen molar-refractivity contribution in [2.45, 2.75) is 0 Å². The molecule has 2 rings (SSSR count). The number of carbonyl (C=O) groups is 2. The van der Waals surface area contributed by atoms with E-state index >= 15 is 0 Å². The predicted molar refractivity (Wildman–Crippen MR) is 59.9 cm³/mol. The molecule has 0 saturated carbocycles. The Balaban J connectivity index is 0.00000162. The smallest absolute Gasteiger partial charge is 0.340 e. The molecule has 8 heteroatoms. The molecule has 0 unspecified atom stereocenters. The molecular formula is C11H11ClN2O5. The molecule has 0 atom stereocenters. The Kier molecular flexibility index (Phi) is 5.71. The van der Waals surface area contributed by atoms with Crippen LogP contribution in [-0.4, -0.2) is 32.6 Å². The summed E-state index contributed by atoms with van der Waals surface area (Å²) in [6.07, 6.45) is 4.75. The number of hydrogen-bond donors (Lipinski definition) is 3. The van der Waals surface area contributed by atoms with Crippen LogP contribution in [0.25, 0.3) is 5.69 Å². The van der Waals surface area contributed by atoms with Gasteiger partial charge in [-0.1, -0.05) is 0 Å². The number of benzene rings is 1. The van der Waals surface area contributed by atoms with E-state index in [4.69, 9.17) is 10.2 Å². The number of hydrogen-bond acceptors (Lipinski definition) is 2. The zero-order valence-corrected chi connectivity index (χ0v) is 10.3. The second kappa shape index (κ2) is 6.53. The van der Waals surface area contributed by atoms with E-state index in [9.17, 15) is 9.59 Å². The highest BCUT2D eigenvalue weighted by Gasteiger charge is 2.17. The quantitative estimate of drug-likeness (QED) is 0.516. The van der Waals surface area contributed by atoms with Gasteiger partial charge in [0.1, 0.15) is 23.6 Å². The Bertz CT molecular complexity index is 583. The molecule has 19 heavy (non-hydrogen) atoms. The highest BCUT2D eigenvalue weighted by molar-refractivity contribution is 5.94. The number of imidazole rings is 1. The van der Waals surface area contributed by atoms with Gasteiger partial charge in [-0.05, 0) is 12.1 Å². The van der Waals surface area contributed by atoms with Crippen molar-refractivity contribution in [2.75, 3.05) is 0 Å². The Labute approximate surface area is 113 Å². The van der Waals surface area contributed by atoms with Crippen LogP contribution in [0.15, 0.2) is 36.9 Å². The maximum atomic E-state index is 11.0. The molecule has 0 aliphatic heterocycles. The normalized spacial score (nSPS) is 9.05. The lowest BCUT2D eigenvalue weighted by Crippen LogP contribution is -3.00. The molecule has 7 nitrogen and oxygen atoms in total. The first-order chi connectivity index (χ1) is 8.09. The summed E-state index contributed by atoms with van der Waals surface area (Å²) in [5, 5.41) is 17.9. The number of nitrogens with one attached hydrogen (secondary N) is 1. The minimum absolute atomic E-state index is 0. The van der Waals surface area contributed by atoms with Gasteiger partial charge in [0, 0.05) is 6.07 Å². The van der Waals surface area contributed by atoms with E-state index in [1.807, 2.05) is 0 Å². The van der Waals surface area contributed by atoms with E-state index < -0.39 is 11.9 Å². The van der Waals surface area contributed by atoms with Gasteiger partial charge in [0.05, 0.1) is 5.56 Å². The van der Waals surface area contributed by atoms with Gasteiger partial charge in [-0.15, -0.1) is 0 Å². The second-order valence-electron chi connectivity index (χ2n) is 3.36. The molecule has 1 aromatic heterocycles. The molecule has 0 saturated heterocycles. The monoisotopic (exact) mass is 286 g/mol. The summed E-state index contributed by atoms with van der Waals surface area (Å²) in [6.45, 7) is 0. The fraction of sp³-hybridized carbons (Fsp3) is 0. The third-order valence-electron chi connectivity index (χ3n) is 2.30. The topological polar surface area (TPSA) is 126 Å². The van der Waals surface area contributed by atoms with Gasteiger partial charge in [0.25, 0.3) is 0 Å². The Morgan fingerprint density at radius 3 is 2.32 bits per heavy atom. The zero-order valence-electron chi connectivity index (χ0n) is 9.50. The molecule has 0 aliphatic rings. The van der Waals surface area contributed by atoms with E-state index in [-0.39, 0.29) is 29.0 Å². The van der Waals surface area contributed by atoms with Crippen molar-refractivity contribution in [1.82, 2.24) is 4.98 Å². The lowest BCUT2D eigenvalue weighted by Gasteiger charge is -2.03. The summed E-state index contributed by atoms with van der Waals surface area (Å²) in [6, 6.07) is 3.86. The molecule has 0 fully saturated rings. The molecule has 5 N–H and O–H groups in total. The first-order valence-corrected chi connectivity index (χ1v) is 4.74. The van der Waals surface area contributed by atoms with Crippen LogP contribution in [0.2, 0.25) is 0 Å². The van der Waals surface area contributed by atoms with Gasteiger partial charge in [0.15, 0.2) is 0 Å². The van der Waals surface area contributed by atoms with E-state index in [1.54, 1.807) is 12.4 Å². The highest BCUT2D eigenvalue weighted by Crippen LogP contribution is 2.12. The number of aromatic carboxylic acids is 2. The molecule has 0 aliphatic carbocycles. The van der Waals surface area contributed by atoms with Gasteiger partial charge in [-0.25, -0.2) is 19.1 Å². The molecule has 102 valence electrons. The van der Waals surface area contributed by atoms with Crippen LogP contribution in [0.4, 0.5) is 0 Å². The van der Waals surface area contributed by atoms with Gasteiger partial charge < -0.3 is 28.1 Å². The van der Waals surface area contributed by atoms with Gasteiger partial charge in [0.2, 0.25) is 6.33 Å². The van der Waals surface area contributed by atoms with E-state index in [0.29, 0.717) is 5.69 Å². The second-order valence-corrected chi connectivity index (χ2v) is 3.36. The number of nitrogens with zero attached hydrogens (tertiary/aromatic N) is 1. The summed E-state index contributed by atoms with van der Waals surface area (Å²) in [5.74, 6) is -2.20. The third-order valence-corrected chi connectivity index (χ3v) is 2.30. The van der Waals surface area contributed by atoms with Crippen LogP contribution in [0.3, 0.4) is 0 Å². The standard InChI is InChI=1S/C11H8N2O4.ClH.H2O/c14-10(15)7-1-2-8(11(16)17)9(5-7)13-4-3-12-6-13;;/h1-6H,(H2,14,15,16,17);1H;1H2. The number of aromatic nitrogens is 2. The fourth-order valence-electron chi connectivity index (χ4n) is 1.50. The van der Waals surface area contributed by atoms with Crippen molar-refractivity contribution in [1.29, 1.82) is 0 Å². The van der Waals surface area contributed by atoms with Crippen molar-refractivity contribution in [2.24, 2.45) is 0 Å². The van der Waals surface area contributed by atoms with Gasteiger partial charge >= 0.3 is 11.9 Å². The first kappa shape index (κ1) is 16.6. The molecule has 0 bridgehead atoms. The summed E-state index contributed by atoms with van der Waals surface area (Å²) >= 11 is 0. The third kappa shape index (κ3) is 3.30. The van der Waals surface area contributed by atoms with Crippen LogP contribution in [0, 0.1) is 0 Å². The maximum absolute atomic E-state index is 11.0. The highest BCUT2D eigenvalue weighted by atomic mass is 35.5. The van der Waals surface area contributed by atoms with Crippen LogP contribution in [0.5, 0.6) is 0 Å². The van der Waals surface area contributed by atoms with Gasteiger partial charge in [-0.3, -0.25) is 0 Å². The maximum Gasteiger partial charge on any atom is 0.340 e. The summed E-state index contributed by atoms with van der Waals surface area (Å²) < 4.78 is 1.51. The minimum Gasteiger partial charge on any atom is -1.00 e. The van der Waals surface area contributed by atoms with E-state index in [2.05, 4.69) is 4.98 Å². The lowest BCUT2D eigenvalue weighted by molar-refractivity contribution is -0.594. The van der Waals surface area contributed by atoms with Crippen molar-refractivity contribution >= 4 is 11.9 Å². The van der Waals surface area contributed by atoms with Crippen LogP contribution in [-0.2, 0) is 0 Å². The number of H-pyrrole nitrogens is 1. The molecule has 0 spiro atoms. The van der Waals surface area contributed by atoms with Crippen LogP contribution >= 0.6 is 0 Å². The molecule has 0 radical (unpaired) electrons. The molecule has 1 aromatic carbocycles. The summed E-state index contributed by atoms with van der Waals surface area (Å²) in [4.78, 5) is 24.6. The SMILES string of the molecule is O.O=C(O)c1ccc(C(=O)O)c(-[n+]2cc[nH]c2)c1.[Cl-]. The number of aromatic amines is 1. The van der Waals surface area contributed by atoms with Crippen LogP contribution in [0.1, 0.15) is 20.7 Å². The Hall–Kier alpha value is -2.38. The number of carboxylic acids is 2. The predicted octanol–water partition coefficient (Wildman–Crippen LogP) is -3.13. The Morgan fingerprint density at radius 2 is 1.84 bits per heavy atom. The van der Waals surface area contributed by atoms with E-state index in [1.165, 1.54) is 29.1 Å². The van der Waals surface area contributed by atoms with Crippen molar-refractivity contribution in [3.8, 4) is 5.69 Å². The molecule has 1 heterocycles.